The van der Waals surface area contributed by atoms with Crippen molar-refractivity contribution in [1.82, 2.24) is 0 Å². The lowest BCUT2D eigenvalue weighted by molar-refractivity contribution is 0.0860. The first-order valence-corrected chi connectivity index (χ1v) is 6.28. The molecule has 0 aliphatic rings. The summed E-state index contributed by atoms with van der Waals surface area (Å²) in [5.74, 6) is 0. The molecule has 0 aromatic carbocycles. The second kappa shape index (κ2) is 10.5. The van der Waals surface area contributed by atoms with Crippen LogP contribution in [0.15, 0.2) is 0 Å². The first-order valence-electron chi connectivity index (χ1n) is 5.16. The van der Waals surface area contributed by atoms with Gasteiger partial charge in [-0.3, -0.25) is 0 Å². The molecule has 0 rings (SSSR count). The van der Waals surface area contributed by atoms with Crippen molar-refractivity contribution in [2.75, 3.05) is 11.9 Å². The van der Waals surface area contributed by atoms with Gasteiger partial charge in [-0.25, -0.2) is 0 Å². The quantitative estimate of drug-likeness (QED) is 0.489. The van der Waals surface area contributed by atoms with Gasteiger partial charge in [-0.1, -0.05) is 48.0 Å². The number of aliphatic hydroxyl groups is 2. The summed E-state index contributed by atoms with van der Waals surface area (Å²) in [5, 5.41) is 18.7. The Bertz CT molecular complexity index is 98.9. The molecule has 0 heterocycles. The molecule has 0 amide bonds. The average molecular weight is 253 g/mol. The summed E-state index contributed by atoms with van der Waals surface area (Å²) < 4.78 is 0. The van der Waals surface area contributed by atoms with Crippen LogP contribution in [0.5, 0.6) is 0 Å². The fraction of sp³-hybridized carbons (Fsp3) is 1.00. The van der Waals surface area contributed by atoms with Crippen LogP contribution in [0, 0.1) is 0 Å². The lowest BCUT2D eigenvalue weighted by Crippen LogP contribution is -2.10. The van der Waals surface area contributed by atoms with Crippen molar-refractivity contribution in [1.29, 1.82) is 0 Å². The maximum atomic E-state index is 9.04. The standard InChI is InChI=1S/C10H21BrO2/c11-8-6-4-2-1-3-5-7-10(13)9-12/h10,12-13H,1-9H2. The van der Waals surface area contributed by atoms with Gasteiger partial charge in [0.05, 0.1) is 12.7 Å². The van der Waals surface area contributed by atoms with E-state index in [-0.39, 0.29) is 6.61 Å². The molecule has 0 bridgehead atoms. The number of aliphatic hydroxyl groups excluding tert-OH is 2. The molecule has 0 saturated carbocycles. The number of rotatable bonds is 9. The first kappa shape index (κ1) is 13.4. The normalized spacial score (nSPS) is 13.2. The zero-order chi connectivity index (χ0) is 9.94. The summed E-state index contributed by atoms with van der Waals surface area (Å²) >= 11 is 3.40. The van der Waals surface area contributed by atoms with Gasteiger partial charge in [0.15, 0.2) is 0 Å². The lowest BCUT2D eigenvalue weighted by Gasteiger charge is -2.05. The zero-order valence-corrected chi connectivity index (χ0v) is 9.80. The topological polar surface area (TPSA) is 40.5 Å². The van der Waals surface area contributed by atoms with Crippen molar-refractivity contribution >= 4 is 15.9 Å². The predicted octanol–water partition coefficient (Wildman–Crippen LogP) is 2.47. The van der Waals surface area contributed by atoms with E-state index in [1.54, 1.807) is 0 Å². The fourth-order valence-corrected chi connectivity index (χ4v) is 1.67. The molecule has 13 heavy (non-hydrogen) atoms. The Hall–Kier alpha value is 0.400. The van der Waals surface area contributed by atoms with Gasteiger partial charge in [0.2, 0.25) is 0 Å². The molecule has 1 unspecified atom stereocenters. The third kappa shape index (κ3) is 10.3. The van der Waals surface area contributed by atoms with Crippen LogP contribution in [0.3, 0.4) is 0 Å². The van der Waals surface area contributed by atoms with Crippen LogP contribution >= 0.6 is 15.9 Å². The van der Waals surface area contributed by atoms with E-state index in [1.165, 1.54) is 32.1 Å². The van der Waals surface area contributed by atoms with Crippen molar-refractivity contribution in [3.05, 3.63) is 0 Å². The monoisotopic (exact) mass is 252 g/mol. The third-order valence-electron chi connectivity index (χ3n) is 2.13. The van der Waals surface area contributed by atoms with Crippen LogP contribution in [0.4, 0.5) is 0 Å². The van der Waals surface area contributed by atoms with Gasteiger partial charge in [0.1, 0.15) is 0 Å². The highest BCUT2D eigenvalue weighted by atomic mass is 79.9. The van der Waals surface area contributed by atoms with Crippen LogP contribution < -0.4 is 0 Å². The highest BCUT2D eigenvalue weighted by Crippen LogP contribution is 2.09. The van der Waals surface area contributed by atoms with Gasteiger partial charge < -0.3 is 10.2 Å². The van der Waals surface area contributed by atoms with Crippen molar-refractivity contribution in [2.24, 2.45) is 0 Å². The molecule has 0 radical (unpaired) electrons. The summed E-state index contributed by atoms with van der Waals surface area (Å²) in [5.41, 5.74) is 0. The molecule has 0 aliphatic carbocycles. The first-order chi connectivity index (χ1) is 6.31. The van der Waals surface area contributed by atoms with Crippen LogP contribution in [0.1, 0.15) is 44.9 Å². The van der Waals surface area contributed by atoms with E-state index in [4.69, 9.17) is 10.2 Å². The second-order valence-electron chi connectivity index (χ2n) is 3.44. The van der Waals surface area contributed by atoms with E-state index in [2.05, 4.69) is 15.9 Å². The predicted molar refractivity (Wildman–Crippen MR) is 59.2 cm³/mol. The molecule has 0 aliphatic heterocycles. The maximum Gasteiger partial charge on any atom is 0.0770 e. The lowest BCUT2D eigenvalue weighted by atomic mass is 10.1. The Balaban J connectivity index is 2.91. The van der Waals surface area contributed by atoms with Crippen molar-refractivity contribution in [3.8, 4) is 0 Å². The van der Waals surface area contributed by atoms with Crippen LogP contribution in [-0.4, -0.2) is 28.3 Å². The Kier molecular flexibility index (Phi) is 10.8. The molecule has 80 valence electrons. The second-order valence-corrected chi connectivity index (χ2v) is 4.23. The van der Waals surface area contributed by atoms with Crippen LogP contribution in [-0.2, 0) is 0 Å². The minimum Gasteiger partial charge on any atom is -0.394 e. The van der Waals surface area contributed by atoms with E-state index in [9.17, 15) is 0 Å². The molecular weight excluding hydrogens is 232 g/mol. The summed E-state index contributed by atoms with van der Waals surface area (Å²) in [7, 11) is 0. The van der Waals surface area contributed by atoms with E-state index < -0.39 is 6.10 Å². The number of hydrogen-bond acceptors (Lipinski definition) is 2. The van der Waals surface area contributed by atoms with Gasteiger partial charge in [0, 0.05) is 5.33 Å². The van der Waals surface area contributed by atoms with Gasteiger partial charge in [0.25, 0.3) is 0 Å². The van der Waals surface area contributed by atoms with Crippen molar-refractivity contribution < 1.29 is 10.2 Å². The third-order valence-corrected chi connectivity index (χ3v) is 2.69. The van der Waals surface area contributed by atoms with E-state index >= 15 is 0 Å². The van der Waals surface area contributed by atoms with E-state index in [0.717, 1.165) is 18.2 Å². The van der Waals surface area contributed by atoms with Crippen molar-refractivity contribution in [3.63, 3.8) is 0 Å². The molecular formula is C10H21BrO2. The van der Waals surface area contributed by atoms with Gasteiger partial charge in [-0.2, -0.15) is 0 Å². The molecule has 2 N–H and O–H groups in total. The average Bonchev–Trinajstić information content (AvgIpc) is 2.16. The molecule has 0 aromatic rings. The van der Waals surface area contributed by atoms with Gasteiger partial charge in [-0.05, 0) is 12.8 Å². The maximum absolute atomic E-state index is 9.04. The number of hydrogen-bond donors (Lipinski definition) is 2. The minimum atomic E-state index is -0.498. The number of halogens is 1. The van der Waals surface area contributed by atoms with E-state index in [0.29, 0.717) is 0 Å². The molecule has 0 aromatic heterocycles. The molecule has 1 atom stereocenters. The molecule has 0 spiro atoms. The van der Waals surface area contributed by atoms with Crippen LogP contribution in [0.2, 0.25) is 0 Å². The molecule has 2 nitrogen and oxygen atoms in total. The molecule has 0 fully saturated rings. The van der Waals surface area contributed by atoms with E-state index in [1.807, 2.05) is 0 Å². The fourth-order valence-electron chi connectivity index (χ4n) is 1.27. The zero-order valence-electron chi connectivity index (χ0n) is 8.21. The van der Waals surface area contributed by atoms with Crippen LogP contribution in [0.25, 0.3) is 0 Å². The molecule has 3 heteroatoms. The SMILES string of the molecule is OCC(O)CCCCCCCCBr. The highest BCUT2D eigenvalue weighted by molar-refractivity contribution is 9.09. The summed E-state index contributed by atoms with van der Waals surface area (Å²) in [6, 6.07) is 0. The Labute approximate surface area is 89.5 Å². The largest absolute Gasteiger partial charge is 0.394 e. The van der Waals surface area contributed by atoms with Gasteiger partial charge in [-0.15, -0.1) is 0 Å². The Morgan fingerprint density at radius 1 is 0.923 bits per heavy atom. The molecule has 0 saturated heterocycles. The van der Waals surface area contributed by atoms with Crippen molar-refractivity contribution in [2.45, 2.75) is 51.0 Å². The highest BCUT2D eigenvalue weighted by Gasteiger charge is 2.00. The Morgan fingerprint density at radius 2 is 1.46 bits per heavy atom. The number of unbranched alkanes of at least 4 members (excludes halogenated alkanes) is 5. The smallest absolute Gasteiger partial charge is 0.0770 e. The number of alkyl halides is 1. The summed E-state index contributed by atoms with van der Waals surface area (Å²) in [6.45, 7) is -0.0937. The van der Waals surface area contributed by atoms with Gasteiger partial charge >= 0.3 is 0 Å². The summed E-state index contributed by atoms with van der Waals surface area (Å²) in [4.78, 5) is 0. The summed E-state index contributed by atoms with van der Waals surface area (Å²) in [6.07, 6.45) is 7.58. The Morgan fingerprint density at radius 3 is 2.00 bits per heavy atom. The minimum absolute atomic E-state index is 0.0937.